The number of nitrogens with zero attached hydrogens (tertiary/aromatic N) is 1. The summed E-state index contributed by atoms with van der Waals surface area (Å²) in [5.74, 6) is -0.821. The van der Waals surface area contributed by atoms with E-state index in [0.717, 1.165) is 35.6 Å². The zero-order valence-corrected chi connectivity index (χ0v) is 24.5. The van der Waals surface area contributed by atoms with Gasteiger partial charge in [0.25, 0.3) is 0 Å². The van der Waals surface area contributed by atoms with Gasteiger partial charge in [-0.3, -0.25) is 15.0 Å². The van der Waals surface area contributed by atoms with Crippen LogP contribution in [0.1, 0.15) is 49.7 Å². The first-order valence-corrected chi connectivity index (χ1v) is 15.9. The highest BCUT2D eigenvalue weighted by Gasteiger charge is 2.32. The normalized spacial score (nSPS) is 15.2. The number of carbonyl (C=O) groups excluding carboxylic acids is 2. The molecular weight excluding hydrogens is 552 g/mol. The summed E-state index contributed by atoms with van der Waals surface area (Å²) >= 11 is 0. The van der Waals surface area contributed by atoms with Crippen LogP contribution in [-0.4, -0.2) is 62.7 Å². The third-order valence-corrected chi connectivity index (χ3v) is 9.05. The van der Waals surface area contributed by atoms with Crippen LogP contribution in [0.2, 0.25) is 0 Å². The van der Waals surface area contributed by atoms with Crippen molar-refractivity contribution in [2.75, 3.05) is 19.6 Å². The van der Waals surface area contributed by atoms with Gasteiger partial charge in [-0.2, -0.15) is 4.72 Å². The number of amidine groups is 1. The second kappa shape index (κ2) is 14.4. The van der Waals surface area contributed by atoms with E-state index in [1.54, 1.807) is 41.3 Å². The van der Waals surface area contributed by atoms with Crippen LogP contribution in [0, 0.1) is 5.41 Å². The molecule has 0 aromatic heterocycles. The molecule has 0 aliphatic carbocycles. The predicted octanol–water partition coefficient (Wildman–Crippen LogP) is 2.64. The first-order chi connectivity index (χ1) is 20.2. The van der Waals surface area contributed by atoms with Crippen LogP contribution in [0.15, 0.2) is 71.6 Å². The standard InChI is InChI=1S/C31H40N6O4S/c32-17-5-4-10-27(36-42(40,41)26-16-15-23-8-2-3-9-25(23)21-26)30(38)35-28(31(39)37-18-6-1-7-19-37)20-22-11-13-24(14-12-22)29(33)34/h2-3,8-9,11-16,21,27-28,36H,1,4-7,10,17-20,32H2,(H3,33,34)(H,35,38)/t27-,28-/m0/s1. The van der Waals surface area contributed by atoms with Gasteiger partial charge >= 0.3 is 0 Å². The van der Waals surface area contributed by atoms with E-state index >= 15 is 0 Å². The molecule has 0 bridgehead atoms. The highest BCUT2D eigenvalue weighted by atomic mass is 32.2. The fourth-order valence-corrected chi connectivity index (χ4v) is 6.45. The zero-order chi connectivity index (χ0) is 30.1. The molecule has 1 aliphatic rings. The summed E-state index contributed by atoms with van der Waals surface area (Å²) in [6.45, 7) is 1.64. The Morgan fingerprint density at radius 1 is 0.905 bits per heavy atom. The van der Waals surface area contributed by atoms with Crippen molar-refractivity contribution in [2.45, 2.75) is 61.9 Å². The van der Waals surface area contributed by atoms with Gasteiger partial charge in [0.2, 0.25) is 21.8 Å². The van der Waals surface area contributed by atoms with Crippen LogP contribution in [0.4, 0.5) is 0 Å². The van der Waals surface area contributed by atoms with E-state index in [9.17, 15) is 18.0 Å². The highest BCUT2D eigenvalue weighted by molar-refractivity contribution is 7.89. The van der Waals surface area contributed by atoms with Crippen molar-refractivity contribution in [3.05, 3.63) is 77.9 Å². The number of amides is 2. The minimum Gasteiger partial charge on any atom is -0.384 e. The number of unbranched alkanes of at least 4 members (excludes halogenated alkanes) is 1. The summed E-state index contributed by atoms with van der Waals surface area (Å²) in [6, 6.07) is 17.3. The number of fused-ring (bicyclic) bond motifs is 1. The van der Waals surface area contributed by atoms with Crippen molar-refractivity contribution in [2.24, 2.45) is 11.5 Å². The van der Waals surface area contributed by atoms with Crippen molar-refractivity contribution < 1.29 is 18.0 Å². The largest absolute Gasteiger partial charge is 0.384 e. The number of carbonyl (C=O) groups is 2. The average Bonchev–Trinajstić information content (AvgIpc) is 3.00. The molecule has 2 amide bonds. The maximum Gasteiger partial charge on any atom is 0.245 e. The van der Waals surface area contributed by atoms with Crippen LogP contribution in [0.25, 0.3) is 10.8 Å². The molecule has 7 N–H and O–H groups in total. The van der Waals surface area contributed by atoms with Crippen LogP contribution in [-0.2, 0) is 26.0 Å². The number of benzene rings is 3. The first-order valence-electron chi connectivity index (χ1n) is 14.4. The Labute approximate surface area is 247 Å². The number of hydrogen-bond donors (Lipinski definition) is 5. The molecule has 0 radical (unpaired) electrons. The lowest BCUT2D eigenvalue weighted by Crippen LogP contribution is -2.55. The summed E-state index contributed by atoms with van der Waals surface area (Å²) in [5, 5.41) is 12.2. The lowest BCUT2D eigenvalue weighted by Gasteiger charge is -2.31. The fourth-order valence-electron chi connectivity index (χ4n) is 5.19. The minimum atomic E-state index is -4.05. The molecule has 11 heteroatoms. The van der Waals surface area contributed by atoms with E-state index in [1.165, 1.54) is 6.07 Å². The third-order valence-electron chi connectivity index (χ3n) is 7.58. The molecule has 4 rings (SSSR count). The van der Waals surface area contributed by atoms with Gasteiger partial charge in [-0.1, -0.05) is 61.0 Å². The molecule has 1 aliphatic heterocycles. The summed E-state index contributed by atoms with van der Waals surface area (Å²) in [5.41, 5.74) is 12.6. The number of piperidine rings is 1. The highest BCUT2D eigenvalue weighted by Crippen LogP contribution is 2.20. The van der Waals surface area contributed by atoms with Crippen LogP contribution >= 0.6 is 0 Å². The monoisotopic (exact) mass is 592 g/mol. The number of hydrogen-bond acceptors (Lipinski definition) is 6. The van der Waals surface area contributed by atoms with E-state index in [-0.39, 0.29) is 29.5 Å². The van der Waals surface area contributed by atoms with Gasteiger partial charge in [0.15, 0.2) is 0 Å². The molecule has 3 aromatic carbocycles. The second-order valence-electron chi connectivity index (χ2n) is 10.7. The van der Waals surface area contributed by atoms with Gasteiger partial charge < -0.3 is 21.7 Å². The van der Waals surface area contributed by atoms with Crippen LogP contribution < -0.4 is 21.5 Å². The van der Waals surface area contributed by atoms with Gasteiger partial charge in [-0.25, -0.2) is 8.42 Å². The average molecular weight is 593 g/mol. The molecule has 1 saturated heterocycles. The molecule has 224 valence electrons. The molecule has 1 fully saturated rings. The van der Waals surface area contributed by atoms with Gasteiger partial charge in [-0.15, -0.1) is 0 Å². The number of nitrogens with two attached hydrogens (primary N) is 2. The third kappa shape index (κ3) is 8.15. The maximum absolute atomic E-state index is 13.7. The van der Waals surface area contributed by atoms with Gasteiger partial charge in [0.1, 0.15) is 17.9 Å². The number of rotatable bonds is 13. The summed E-state index contributed by atoms with van der Waals surface area (Å²) < 4.78 is 29.5. The Bertz CT molecular complexity index is 1500. The predicted molar refractivity (Wildman–Crippen MR) is 164 cm³/mol. The van der Waals surface area contributed by atoms with Crippen molar-refractivity contribution in [1.82, 2.24) is 14.9 Å². The van der Waals surface area contributed by atoms with Gasteiger partial charge in [-0.05, 0) is 67.1 Å². The van der Waals surface area contributed by atoms with Crippen molar-refractivity contribution in [3.63, 3.8) is 0 Å². The molecule has 1 heterocycles. The van der Waals surface area contributed by atoms with E-state index in [0.29, 0.717) is 38.0 Å². The van der Waals surface area contributed by atoms with Crippen LogP contribution in [0.3, 0.4) is 0 Å². The molecule has 0 unspecified atom stereocenters. The molecule has 2 atom stereocenters. The van der Waals surface area contributed by atoms with E-state index in [1.807, 2.05) is 24.3 Å². The van der Waals surface area contributed by atoms with Crippen molar-refractivity contribution in [3.8, 4) is 0 Å². The Morgan fingerprint density at radius 2 is 1.60 bits per heavy atom. The molecule has 10 nitrogen and oxygen atoms in total. The smallest absolute Gasteiger partial charge is 0.245 e. The number of nitrogens with one attached hydrogen (secondary N) is 3. The lowest BCUT2D eigenvalue weighted by atomic mass is 10.0. The van der Waals surface area contributed by atoms with Gasteiger partial charge in [0.05, 0.1) is 4.90 Å². The fraction of sp³-hybridized carbons (Fsp3) is 0.387. The molecule has 3 aromatic rings. The second-order valence-corrected chi connectivity index (χ2v) is 12.4. The topological polar surface area (TPSA) is 171 Å². The summed E-state index contributed by atoms with van der Waals surface area (Å²) in [6.07, 6.45) is 4.44. The number of likely N-dealkylation sites (tertiary alicyclic amines) is 1. The van der Waals surface area contributed by atoms with Crippen molar-refractivity contribution in [1.29, 1.82) is 5.41 Å². The van der Waals surface area contributed by atoms with Crippen LogP contribution in [0.5, 0.6) is 0 Å². The number of sulfonamides is 1. The minimum absolute atomic E-state index is 0.0596. The first kappa shape index (κ1) is 31.1. The Kier molecular flexibility index (Phi) is 10.7. The Morgan fingerprint density at radius 3 is 2.26 bits per heavy atom. The SMILES string of the molecule is N=C(N)c1ccc(C[C@H](NC(=O)[C@H](CCCCN)NS(=O)(=O)c2ccc3ccccc3c2)C(=O)N2CCCCC2)cc1. The molecule has 0 saturated carbocycles. The molecule has 0 spiro atoms. The van der Waals surface area contributed by atoms with E-state index < -0.39 is 28.0 Å². The molecule has 42 heavy (non-hydrogen) atoms. The maximum atomic E-state index is 13.7. The summed E-state index contributed by atoms with van der Waals surface area (Å²) in [7, 11) is -4.05. The lowest BCUT2D eigenvalue weighted by molar-refractivity contribution is -0.137. The summed E-state index contributed by atoms with van der Waals surface area (Å²) in [4.78, 5) is 29.2. The quantitative estimate of drug-likeness (QED) is 0.116. The van der Waals surface area contributed by atoms with E-state index in [2.05, 4.69) is 10.0 Å². The molecular formula is C31H40N6O4S. The van der Waals surface area contributed by atoms with Crippen molar-refractivity contribution >= 4 is 38.4 Å². The van der Waals surface area contributed by atoms with Gasteiger partial charge in [0, 0.05) is 25.1 Å². The van der Waals surface area contributed by atoms with E-state index in [4.69, 9.17) is 16.9 Å². The number of nitrogen functional groups attached to an aromatic ring is 1. The Balaban J connectivity index is 1.57. The zero-order valence-electron chi connectivity index (χ0n) is 23.7. The Hall–Kier alpha value is -3.80.